The van der Waals surface area contributed by atoms with Gasteiger partial charge in [-0.05, 0) is 5.92 Å². The van der Waals surface area contributed by atoms with Crippen molar-refractivity contribution in [1.29, 1.82) is 0 Å². The summed E-state index contributed by atoms with van der Waals surface area (Å²) >= 11 is 0. The van der Waals surface area contributed by atoms with E-state index in [1.54, 1.807) is 0 Å². The van der Waals surface area contributed by atoms with Crippen molar-refractivity contribution in [3.05, 3.63) is 52.4 Å². The smallest absolute Gasteiger partial charge is 0.857 e. The molecule has 0 spiro atoms. The fraction of sp³-hybridized carbons (Fsp3) is 0.375. The molecule has 0 aromatic heterocycles. The summed E-state index contributed by atoms with van der Waals surface area (Å²) in [5.41, 5.74) is 16.7. The second kappa shape index (κ2) is 20.5. The topological polar surface area (TPSA) is 128 Å². The molecule has 2 amide bonds. The van der Waals surface area contributed by atoms with Crippen molar-refractivity contribution >= 4 is 18.4 Å². The fourth-order valence-electron chi connectivity index (χ4n) is 1.89. The van der Waals surface area contributed by atoms with Crippen LogP contribution in [-0.2, 0) is 31.3 Å². The molecule has 0 bridgehead atoms. The third kappa shape index (κ3) is 10.8. The van der Waals surface area contributed by atoms with E-state index in [4.69, 9.17) is 31.3 Å². The zero-order valence-corrected chi connectivity index (χ0v) is 15.7. The van der Waals surface area contributed by atoms with E-state index in [2.05, 4.69) is 39.0 Å². The Morgan fingerprint density at radius 2 is 1.48 bits per heavy atom. The van der Waals surface area contributed by atoms with Crippen LogP contribution in [0.15, 0.2) is 23.8 Å². The first-order valence-electron chi connectivity index (χ1n) is 6.26. The fourth-order valence-corrected chi connectivity index (χ4v) is 1.89. The molecule has 1 aliphatic rings. The Hall–Kier alpha value is -1.47. The molecule has 1 aromatic carbocycles. The van der Waals surface area contributed by atoms with Crippen molar-refractivity contribution in [3.8, 4) is 0 Å². The van der Waals surface area contributed by atoms with Gasteiger partial charge in [-0.1, -0.05) is 20.8 Å². The van der Waals surface area contributed by atoms with E-state index in [1.807, 2.05) is 6.07 Å². The average Bonchev–Trinajstić information content (AvgIpc) is 2.78. The zero-order valence-electron chi connectivity index (χ0n) is 14.1. The maximum Gasteiger partial charge on any atom is 2.00 e. The van der Waals surface area contributed by atoms with E-state index in [0.29, 0.717) is 5.92 Å². The maximum absolute atomic E-state index is 8.47. The van der Waals surface area contributed by atoms with E-state index in [-0.39, 0.29) is 34.5 Å². The summed E-state index contributed by atoms with van der Waals surface area (Å²) in [5, 5.41) is 16.5. The Bertz CT molecular complexity index is 445. The molecule has 0 radical (unpaired) electrons. The van der Waals surface area contributed by atoms with Gasteiger partial charge in [-0.3, -0.25) is 0 Å². The van der Waals surface area contributed by atoms with Crippen LogP contribution in [0.5, 0.6) is 0 Å². The van der Waals surface area contributed by atoms with E-state index in [0.717, 1.165) is 14.2 Å². The first-order chi connectivity index (χ1) is 10.5. The number of carbonyl (C=O) groups is 2. The Morgan fingerprint density at radius 1 is 1.09 bits per heavy atom. The molecule has 0 saturated heterocycles. The van der Waals surface area contributed by atoms with Crippen LogP contribution in [0.25, 0.3) is 17.0 Å². The van der Waals surface area contributed by atoms with E-state index < -0.39 is 0 Å². The van der Waals surface area contributed by atoms with Gasteiger partial charge in [-0.2, -0.15) is 14.2 Å². The van der Waals surface area contributed by atoms with Gasteiger partial charge < -0.3 is 31.3 Å². The van der Waals surface area contributed by atoms with Crippen LogP contribution in [0, 0.1) is 6.07 Å². The predicted octanol–water partition coefficient (Wildman–Crippen LogP) is 1.74. The van der Waals surface area contributed by atoms with Crippen LogP contribution >= 0.6 is 0 Å². The average molecular weight is 355 g/mol. The van der Waals surface area contributed by atoms with Crippen LogP contribution in [0.2, 0.25) is 0 Å². The minimum absolute atomic E-state index is 0. The van der Waals surface area contributed by atoms with Gasteiger partial charge in [0.25, 0.3) is 0 Å². The molecule has 1 aliphatic carbocycles. The Labute approximate surface area is 153 Å². The molecule has 128 valence electrons. The molecule has 1 atom stereocenters. The summed E-state index contributed by atoms with van der Waals surface area (Å²) in [6.07, 6.45) is 0. The number of fused-ring (bicyclic) bond motifs is 1. The number of hydrogen-bond donors (Lipinski definition) is 0. The second-order valence-corrected chi connectivity index (χ2v) is 3.77. The summed E-state index contributed by atoms with van der Waals surface area (Å²) in [7, 11) is 1.50. The van der Waals surface area contributed by atoms with Crippen molar-refractivity contribution in [2.24, 2.45) is 0 Å². The molecular formula is C16H23N2O4Ti-3. The minimum atomic E-state index is 0. The Kier molecular flexibility index (Phi) is 26.4. The van der Waals surface area contributed by atoms with Crippen molar-refractivity contribution in [2.75, 3.05) is 14.2 Å². The first kappa shape index (κ1) is 29.5. The van der Waals surface area contributed by atoms with Gasteiger partial charge >= 0.3 is 21.7 Å². The first-order valence-corrected chi connectivity index (χ1v) is 6.26. The maximum atomic E-state index is 8.47. The molecular weight excluding hydrogens is 332 g/mol. The quantitative estimate of drug-likeness (QED) is 0.399. The Morgan fingerprint density at radius 3 is 1.83 bits per heavy atom. The molecule has 0 heterocycles. The van der Waals surface area contributed by atoms with Crippen molar-refractivity contribution in [2.45, 2.75) is 26.7 Å². The largest absolute Gasteiger partial charge is 2.00 e. The number of nitrogens with one attached hydrogen (secondary N) is 2. The number of hydrogen-bond acceptors (Lipinski definition) is 4. The van der Waals surface area contributed by atoms with Crippen molar-refractivity contribution < 1.29 is 41.5 Å². The molecule has 1 aromatic rings. The summed E-state index contributed by atoms with van der Waals surface area (Å²) in [6.45, 7) is 6.67. The van der Waals surface area contributed by atoms with E-state index in [1.165, 1.54) is 22.3 Å². The molecule has 0 fully saturated rings. The monoisotopic (exact) mass is 355 g/mol. The van der Waals surface area contributed by atoms with E-state index in [9.17, 15) is 0 Å². The summed E-state index contributed by atoms with van der Waals surface area (Å²) in [4.78, 5) is 16.9. The second-order valence-electron chi connectivity index (χ2n) is 3.77. The summed E-state index contributed by atoms with van der Waals surface area (Å²) < 4.78 is 0. The molecule has 7 heteroatoms. The molecule has 1 unspecified atom stereocenters. The SMILES string of the molecule is CC1=C(C)C(C)c2ccc[c-]c21.C[O-].C[O-].[NH-]C=O.[NH-]C=O.[Ti+2]. The van der Waals surface area contributed by atoms with Crippen LogP contribution in [0.3, 0.4) is 0 Å². The number of carbonyl (C=O) groups excluding carboxylic acids is 2. The van der Waals surface area contributed by atoms with Gasteiger partial charge in [0.1, 0.15) is 0 Å². The van der Waals surface area contributed by atoms with Gasteiger partial charge in [0, 0.05) is 12.8 Å². The predicted molar refractivity (Wildman–Crippen MR) is 84.6 cm³/mol. The summed E-state index contributed by atoms with van der Waals surface area (Å²) in [6, 6.07) is 9.57. The van der Waals surface area contributed by atoms with Crippen LogP contribution in [-0.4, -0.2) is 27.0 Å². The minimum Gasteiger partial charge on any atom is -0.857 e. The molecule has 0 aliphatic heterocycles. The number of amides is 2. The third-order valence-electron chi connectivity index (χ3n) is 2.97. The number of allylic oxidation sites excluding steroid dienone is 2. The van der Waals surface area contributed by atoms with Gasteiger partial charge in [0.2, 0.25) is 0 Å². The zero-order chi connectivity index (χ0) is 18.1. The van der Waals surface area contributed by atoms with Crippen LogP contribution in [0.4, 0.5) is 0 Å². The molecule has 0 saturated carbocycles. The number of rotatable bonds is 0. The van der Waals surface area contributed by atoms with Gasteiger partial charge in [-0.15, -0.1) is 46.5 Å². The van der Waals surface area contributed by atoms with Crippen LogP contribution < -0.4 is 10.2 Å². The van der Waals surface area contributed by atoms with Crippen molar-refractivity contribution in [1.82, 2.24) is 0 Å². The van der Waals surface area contributed by atoms with Crippen molar-refractivity contribution in [3.63, 3.8) is 0 Å². The van der Waals surface area contributed by atoms with Gasteiger partial charge in [-0.25, -0.2) is 0 Å². The van der Waals surface area contributed by atoms with Crippen LogP contribution in [0.1, 0.15) is 37.8 Å². The molecule has 23 heavy (non-hydrogen) atoms. The Balaban J connectivity index is -0.000000140. The van der Waals surface area contributed by atoms with Gasteiger partial charge in [0.05, 0.1) is 0 Å². The number of benzene rings is 1. The summed E-state index contributed by atoms with van der Waals surface area (Å²) in [5.74, 6) is 0.595. The molecule has 2 rings (SSSR count). The van der Waals surface area contributed by atoms with E-state index >= 15 is 0 Å². The standard InChI is InChI=1S/C12H13.2CH3NO.2CH3O.Ti/c1-8-9(2)11-6-4-5-7-12(11)10(8)3;2*2-1-3;2*1-2;/h4-6,9H,1-3H3;2*1H,(H2,2,3);2*1H3;/q-1;;;2*-1;+2/p-2. The molecule has 2 N–H and O–H groups in total. The molecule has 6 nitrogen and oxygen atoms in total. The van der Waals surface area contributed by atoms with Gasteiger partial charge in [0.15, 0.2) is 0 Å². The third-order valence-corrected chi connectivity index (χ3v) is 2.97. The normalized spacial score (nSPS) is 12.7.